The molecule has 0 aromatic carbocycles. The molecular formula is C9H18S. The Morgan fingerprint density at radius 3 is 2.20 bits per heavy atom. The summed E-state index contributed by atoms with van der Waals surface area (Å²) in [4.78, 5) is 1.30. The Kier molecular flexibility index (Phi) is 4.11. The van der Waals surface area contributed by atoms with Crippen molar-refractivity contribution in [3.8, 4) is 0 Å². The molecule has 0 saturated carbocycles. The highest BCUT2D eigenvalue weighted by Gasteiger charge is 2.14. The molecule has 0 saturated heterocycles. The molecule has 0 spiro atoms. The van der Waals surface area contributed by atoms with Crippen molar-refractivity contribution in [2.24, 2.45) is 5.41 Å². The van der Waals surface area contributed by atoms with Gasteiger partial charge in [0, 0.05) is 0 Å². The van der Waals surface area contributed by atoms with Crippen molar-refractivity contribution in [1.29, 1.82) is 0 Å². The fraction of sp³-hybridized carbons (Fsp3) is 0.778. The van der Waals surface area contributed by atoms with Gasteiger partial charge >= 0.3 is 0 Å². The monoisotopic (exact) mass is 158 g/mol. The minimum absolute atomic E-state index is 0.278. The second kappa shape index (κ2) is 4.07. The molecule has 1 heteroatoms. The molecule has 0 N–H and O–H groups in total. The van der Waals surface area contributed by atoms with Crippen molar-refractivity contribution in [2.45, 2.75) is 34.1 Å². The fourth-order valence-electron chi connectivity index (χ4n) is 0.442. The van der Waals surface area contributed by atoms with Gasteiger partial charge in [0.2, 0.25) is 0 Å². The molecule has 0 rings (SSSR count). The normalized spacial score (nSPS) is 11.6. The first-order valence-corrected chi connectivity index (χ1v) is 4.79. The summed E-state index contributed by atoms with van der Waals surface area (Å²) >= 11 is 1.89. The van der Waals surface area contributed by atoms with Gasteiger partial charge in [-0.2, -0.15) is 0 Å². The molecule has 0 atom stereocenters. The third kappa shape index (κ3) is 3.99. The Morgan fingerprint density at radius 1 is 1.40 bits per heavy atom. The molecule has 0 aliphatic rings. The molecule has 0 aliphatic heterocycles. The molecular weight excluding hydrogens is 140 g/mol. The first-order valence-electron chi connectivity index (χ1n) is 3.80. The zero-order valence-electron chi connectivity index (χ0n) is 7.53. The number of hydrogen-bond acceptors (Lipinski definition) is 1. The van der Waals surface area contributed by atoms with Crippen LogP contribution in [-0.4, -0.2) is 5.75 Å². The Bertz CT molecular complexity index is 108. The van der Waals surface area contributed by atoms with E-state index >= 15 is 0 Å². The number of thioether (sulfide) groups is 1. The van der Waals surface area contributed by atoms with E-state index < -0.39 is 0 Å². The predicted molar refractivity (Wildman–Crippen MR) is 51.3 cm³/mol. The summed E-state index contributed by atoms with van der Waals surface area (Å²) in [5.41, 5.74) is 0.278. The minimum Gasteiger partial charge on any atom is -0.131 e. The van der Waals surface area contributed by atoms with Crippen LogP contribution in [0.2, 0.25) is 0 Å². The Hall–Kier alpha value is 0.0900. The fourth-order valence-corrected chi connectivity index (χ4v) is 1.33. The molecule has 0 nitrogen and oxygen atoms in total. The minimum atomic E-state index is 0.278. The highest BCUT2D eigenvalue weighted by Crippen LogP contribution is 2.32. The zero-order valence-corrected chi connectivity index (χ0v) is 8.35. The van der Waals surface area contributed by atoms with Gasteiger partial charge in [0.05, 0.1) is 0 Å². The average Bonchev–Trinajstić information content (AvgIpc) is 1.80. The van der Waals surface area contributed by atoms with Crippen molar-refractivity contribution >= 4 is 11.8 Å². The van der Waals surface area contributed by atoms with E-state index in [9.17, 15) is 0 Å². The third-order valence-corrected chi connectivity index (χ3v) is 2.89. The van der Waals surface area contributed by atoms with Crippen LogP contribution in [0.3, 0.4) is 0 Å². The lowest BCUT2D eigenvalue weighted by Crippen LogP contribution is -2.05. The van der Waals surface area contributed by atoms with E-state index in [0.717, 1.165) is 0 Å². The van der Waals surface area contributed by atoms with Gasteiger partial charge in [-0.15, -0.1) is 11.8 Å². The summed E-state index contributed by atoms with van der Waals surface area (Å²) in [6.45, 7) is 12.8. The highest BCUT2D eigenvalue weighted by atomic mass is 32.2. The molecule has 10 heavy (non-hydrogen) atoms. The summed E-state index contributed by atoms with van der Waals surface area (Å²) in [5.74, 6) is 1.20. The van der Waals surface area contributed by atoms with E-state index in [2.05, 4.69) is 34.3 Å². The maximum absolute atomic E-state index is 4.03. The maximum Gasteiger partial charge on any atom is -0.00259 e. The van der Waals surface area contributed by atoms with E-state index in [1.165, 1.54) is 17.1 Å². The average molecular weight is 158 g/mol. The van der Waals surface area contributed by atoms with Crippen LogP contribution < -0.4 is 0 Å². The molecule has 0 fully saturated rings. The summed E-state index contributed by atoms with van der Waals surface area (Å²) in [7, 11) is 0. The number of hydrogen-bond donors (Lipinski definition) is 0. The van der Waals surface area contributed by atoms with Crippen molar-refractivity contribution in [3.63, 3.8) is 0 Å². The topological polar surface area (TPSA) is 0 Å². The van der Waals surface area contributed by atoms with Gasteiger partial charge in [0.15, 0.2) is 0 Å². The summed E-state index contributed by atoms with van der Waals surface area (Å²) in [6.07, 6.45) is 1.24. The van der Waals surface area contributed by atoms with Crippen LogP contribution in [0.5, 0.6) is 0 Å². The van der Waals surface area contributed by atoms with Crippen LogP contribution >= 0.6 is 11.8 Å². The number of rotatable bonds is 3. The lowest BCUT2D eigenvalue weighted by atomic mass is 9.97. The van der Waals surface area contributed by atoms with Gasteiger partial charge in [-0.25, -0.2) is 0 Å². The van der Waals surface area contributed by atoms with Gasteiger partial charge < -0.3 is 0 Å². The van der Waals surface area contributed by atoms with E-state index in [1.54, 1.807) is 0 Å². The van der Waals surface area contributed by atoms with Crippen LogP contribution in [0.25, 0.3) is 0 Å². The summed E-state index contributed by atoms with van der Waals surface area (Å²) in [6, 6.07) is 0. The zero-order chi connectivity index (χ0) is 8.20. The van der Waals surface area contributed by atoms with Crippen LogP contribution in [0.4, 0.5) is 0 Å². The molecule has 60 valence electrons. The van der Waals surface area contributed by atoms with Crippen molar-refractivity contribution in [3.05, 3.63) is 11.5 Å². The van der Waals surface area contributed by atoms with E-state index in [0.29, 0.717) is 0 Å². The Morgan fingerprint density at radius 2 is 1.90 bits per heavy atom. The second-order valence-electron chi connectivity index (χ2n) is 3.52. The smallest absolute Gasteiger partial charge is 0.00259 e. The Labute approximate surface area is 69.1 Å². The standard InChI is InChI=1S/C9H18S/c1-6-7-10-8(2)9(3,4)5/h2,6-7H2,1,3-5H3. The second-order valence-corrected chi connectivity index (χ2v) is 4.71. The van der Waals surface area contributed by atoms with E-state index in [1.807, 2.05) is 11.8 Å². The maximum atomic E-state index is 4.03. The van der Waals surface area contributed by atoms with Gasteiger partial charge in [0.25, 0.3) is 0 Å². The van der Waals surface area contributed by atoms with Crippen LogP contribution in [0.15, 0.2) is 11.5 Å². The summed E-state index contributed by atoms with van der Waals surface area (Å²) < 4.78 is 0. The van der Waals surface area contributed by atoms with Crippen LogP contribution in [-0.2, 0) is 0 Å². The molecule has 0 unspecified atom stereocenters. The first-order chi connectivity index (χ1) is 4.48. The molecule has 0 amide bonds. The van der Waals surface area contributed by atoms with Crippen molar-refractivity contribution in [2.75, 3.05) is 5.75 Å². The number of allylic oxidation sites excluding steroid dienone is 1. The van der Waals surface area contributed by atoms with Crippen molar-refractivity contribution in [1.82, 2.24) is 0 Å². The molecule has 0 bridgehead atoms. The summed E-state index contributed by atoms with van der Waals surface area (Å²) in [5, 5.41) is 0. The molecule has 0 radical (unpaired) electrons. The lowest BCUT2D eigenvalue weighted by Gasteiger charge is -2.20. The van der Waals surface area contributed by atoms with Gasteiger partial charge in [0.1, 0.15) is 0 Å². The quantitative estimate of drug-likeness (QED) is 0.603. The van der Waals surface area contributed by atoms with Crippen LogP contribution in [0, 0.1) is 5.41 Å². The van der Waals surface area contributed by atoms with Gasteiger partial charge in [-0.05, 0) is 22.5 Å². The Balaban J connectivity index is 3.64. The molecule has 0 aromatic heterocycles. The van der Waals surface area contributed by atoms with E-state index in [4.69, 9.17) is 0 Å². The lowest BCUT2D eigenvalue weighted by molar-refractivity contribution is 0.535. The largest absolute Gasteiger partial charge is 0.131 e. The SMILES string of the molecule is C=C(SCCC)C(C)(C)C. The van der Waals surface area contributed by atoms with Gasteiger partial charge in [-0.1, -0.05) is 34.3 Å². The molecule has 0 aromatic rings. The molecule has 0 aliphatic carbocycles. The predicted octanol–water partition coefficient (Wildman–Crippen LogP) is 3.69. The van der Waals surface area contributed by atoms with Gasteiger partial charge in [-0.3, -0.25) is 0 Å². The van der Waals surface area contributed by atoms with Crippen LogP contribution in [0.1, 0.15) is 34.1 Å². The molecule has 0 heterocycles. The first kappa shape index (κ1) is 10.1. The third-order valence-electron chi connectivity index (χ3n) is 1.32. The van der Waals surface area contributed by atoms with E-state index in [-0.39, 0.29) is 5.41 Å². The highest BCUT2D eigenvalue weighted by molar-refractivity contribution is 8.03. The van der Waals surface area contributed by atoms with Crippen molar-refractivity contribution < 1.29 is 0 Å².